The number of phenols is 1. The minimum atomic E-state index is -5.14. The first-order valence-corrected chi connectivity index (χ1v) is 10.1. The predicted octanol–water partition coefficient (Wildman–Crippen LogP) is 5.51. The summed E-state index contributed by atoms with van der Waals surface area (Å²) in [4.78, 5) is 2.03. The van der Waals surface area contributed by atoms with Crippen molar-refractivity contribution in [1.82, 2.24) is 9.78 Å². The number of aryl methyl sites for hydroxylation is 1. The normalized spacial score (nSPS) is 15.5. The third-order valence-electron chi connectivity index (χ3n) is 5.77. The molecule has 1 N–H and O–H groups in total. The van der Waals surface area contributed by atoms with E-state index in [4.69, 9.17) is 16.3 Å². The second kappa shape index (κ2) is 8.08. The highest BCUT2D eigenvalue weighted by molar-refractivity contribution is 6.37. The summed E-state index contributed by atoms with van der Waals surface area (Å²) in [6.07, 6.45) is -3.50. The summed E-state index contributed by atoms with van der Waals surface area (Å²) in [5.74, 6) is -5.35. The highest BCUT2D eigenvalue weighted by Gasteiger charge is 2.38. The molecule has 1 fully saturated rings. The third-order valence-corrected chi connectivity index (χ3v) is 6.07. The van der Waals surface area contributed by atoms with Crippen LogP contribution in [0.4, 0.5) is 27.6 Å². The van der Waals surface area contributed by atoms with Crippen LogP contribution in [0.1, 0.15) is 18.4 Å². The third kappa shape index (κ3) is 3.75. The number of anilines is 1. The van der Waals surface area contributed by atoms with Gasteiger partial charge in [-0.25, -0.2) is 8.78 Å². The lowest BCUT2D eigenvalue weighted by atomic mass is 10.0. The molecule has 32 heavy (non-hydrogen) atoms. The number of nitrogens with zero attached hydrogens (tertiary/aromatic N) is 3. The van der Waals surface area contributed by atoms with Crippen LogP contribution in [0.25, 0.3) is 22.2 Å². The van der Waals surface area contributed by atoms with Crippen molar-refractivity contribution in [1.29, 1.82) is 0 Å². The number of aromatic hydroxyl groups is 1. The number of hydrogen-bond acceptors (Lipinski definition) is 4. The Bertz CT molecular complexity index is 1190. The number of alkyl halides is 3. The molecule has 0 atom stereocenters. The van der Waals surface area contributed by atoms with Crippen molar-refractivity contribution in [2.24, 2.45) is 7.05 Å². The average Bonchev–Trinajstić information content (AvgIpc) is 3.08. The molecule has 0 radical (unpaired) electrons. The van der Waals surface area contributed by atoms with E-state index in [0.717, 1.165) is 18.5 Å². The van der Waals surface area contributed by atoms with Crippen molar-refractivity contribution in [3.05, 3.63) is 40.4 Å². The Kier molecular flexibility index (Phi) is 5.70. The minimum absolute atomic E-state index is 0.135. The summed E-state index contributed by atoms with van der Waals surface area (Å²) in [6, 6.07) is 3.88. The maximum atomic E-state index is 14.7. The van der Waals surface area contributed by atoms with Crippen molar-refractivity contribution in [2.75, 3.05) is 25.2 Å². The summed E-state index contributed by atoms with van der Waals surface area (Å²) in [5, 5.41) is 14.1. The van der Waals surface area contributed by atoms with Crippen LogP contribution < -0.4 is 4.90 Å². The van der Waals surface area contributed by atoms with Gasteiger partial charge in [0, 0.05) is 50.0 Å². The zero-order valence-corrected chi connectivity index (χ0v) is 17.9. The number of aromatic nitrogens is 2. The molecule has 0 aliphatic carbocycles. The second-order valence-corrected chi connectivity index (χ2v) is 8.10. The predicted molar refractivity (Wildman–Crippen MR) is 110 cm³/mol. The number of benzene rings is 2. The van der Waals surface area contributed by atoms with Crippen LogP contribution >= 0.6 is 11.6 Å². The van der Waals surface area contributed by atoms with Gasteiger partial charge in [0.1, 0.15) is 5.69 Å². The van der Waals surface area contributed by atoms with Crippen LogP contribution in [0.5, 0.6) is 5.75 Å². The smallest absolute Gasteiger partial charge is 0.419 e. The number of rotatable bonds is 3. The lowest BCUT2D eigenvalue weighted by Crippen LogP contribution is -2.36. The van der Waals surface area contributed by atoms with E-state index in [0.29, 0.717) is 24.8 Å². The molecule has 2 heterocycles. The van der Waals surface area contributed by atoms with Crippen LogP contribution in [-0.2, 0) is 18.0 Å². The molecule has 2 aromatic carbocycles. The lowest BCUT2D eigenvalue weighted by molar-refractivity contribution is -0.140. The largest absolute Gasteiger partial charge is 0.503 e. The topological polar surface area (TPSA) is 50.5 Å². The molecule has 0 saturated carbocycles. The molecule has 5 nitrogen and oxygen atoms in total. The van der Waals surface area contributed by atoms with Crippen LogP contribution in [-0.4, -0.2) is 41.2 Å². The number of phenolic OH excluding ortho intramolecular Hbond substituents is 1. The van der Waals surface area contributed by atoms with Crippen LogP contribution in [0.2, 0.25) is 5.02 Å². The van der Waals surface area contributed by atoms with Gasteiger partial charge in [0.15, 0.2) is 17.4 Å². The molecule has 1 saturated heterocycles. The van der Waals surface area contributed by atoms with Gasteiger partial charge in [-0.2, -0.15) is 18.3 Å². The van der Waals surface area contributed by atoms with Crippen LogP contribution in [0.15, 0.2) is 18.2 Å². The molecule has 0 unspecified atom stereocenters. The van der Waals surface area contributed by atoms with Gasteiger partial charge in [-0.05, 0) is 31.0 Å². The maximum absolute atomic E-state index is 14.7. The zero-order chi connectivity index (χ0) is 23.4. The van der Waals surface area contributed by atoms with E-state index in [9.17, 15) is 27.1 Å². The number of hydrogen-bond donors (Lipinski definition) is 1. The molecule has 0 amide bonds. The fraction of sp³-hybridized carbons (Fsp3) is 0.381. The van der Waals surface area contributed by atoms with E-state index in [1.54, 1.807) is 12.1 Å². The van der Waals surface area contributed by atoms with Gasteiger partial charge < -0.3 is 14.7 Å². The van der Waals surface area contributed by atoms with E-state index in [-0.39, 0.29) is 22.1 Å². The average molecular weight is 476 g/mol. The Balaban J connectivity index is 1.88. The van der Waals surface area contributed by atoms with Gasteiger partial charge in [-0.1, -0.05) is 11.6 Å². The summed E-state index contributed by atoms with van der Waals surface area (Å²) in [5.41, 5.74) is -1.53. The zero-order valence-electron chi connectivity index (χ0n) is 17.1. The van der Waals surface area contributed by atoms with E-state index in [1.807, 2.05) is 11.9 Å². The number of halogens is 6. The van der Waals surface area contributed by atoms with Gasteiger partial charge in [0.05, 0.1) is 16.1 Å². The van der Waals surface area contributed by atoms with Gasteiger partial charge >= 0.3 is 6.18 Å². The summed E-state index contributed by atoms with van der Waals surface area (Å²) in [6.45, 7) is 1.27. The van der Waals surface area contributed by atoms with Crippen molar-refractivity contribution >= 4 is 28.2 Å². The number of fused-ring (bicyclic) bond motifs is 1. The van der Waals surface area contributed by atoms with E-state index in [2.05, 4.69) is 5.10 Å². The molecule has 1 aromatic heterocycles. The van der Waals surface area contributed by atoms with Gasteiger partial charge in [0.2, 0.25) is 0 Å². The highest BCUT2D eigenvalue weighted by atomic mass is 35.5. The molecule has 4 rings (SSSR count). The summed E-state index contributed by atoms with van der Waals surface area (Å²) in [7, 11) is 3.43. The molecule has 172 valence electrons. The molecule has 0 bridgehead atoms. The Morgan fingerprint density at radius 2 is 1.81 bits per heavy atom. The number of ether oxygens (including phenoxy) is 1. The van der Waals surface area contributed by atoms with Crippen LogP contribution in [0.3, 0.4) is 0 Å². The van der Waals surface area contributed by atoms with Gasteiger partial charge in [-0.15, -0.1) is 0 Å². The van der Waals surface area contributed by atoms with Gasteiger partial charge in [-0.3, -0.25) is 4.68 Å². The maximum Gasteiger partial charge on any atom is 0.419 e. The van der Waals surface area contributed by atoms with Crippen molar-refractivity contribution in [3.8, 4) is 17.0 Å². The summed E-state index contributed by atoms with van der Waals surface area (Å²) < 4.78 is 75.0. The quantitative estimate of drug-likeness (QED) is 0.507. The van der Waals surface area contributed by atoms with Crippen LogP contribution in [0, 0.1) is 11.6 Å². The van der Waals surface area contributed by atoms with E-state index >= 15 is 0 Å². The van der Waals surface area contributed by atoms with E-state index in [1.165, 1.54) is 11.7 Å². The Hall–Kier alpha value is -2.59. The monoisotopic (exact) mass is 475 g/mol. The molecule has 1 aliphatic heterocycles. The van der Waals surface area contributed by atoms with Crippen molar-refractivity contribution in [3.63, 3.8) is 0 Å². The summed E-state index contributed by atoms with van der Waals surface area (Å²) >= 11 is 6.48. The fourth-order valence-corrected chi connectivity index (χ4v) is 4.30. The highest BCUT2D eigenvalue weighted by Crippen LogP contribution is 2.43. The van der Waals surface area contributed by atoms with E-state index < -0.39 is 34.7 Å². The molecule has 3 aromatic rings. The standard InChI is InChI=1S/C21H19ClF5N3O2/c1-29(10-3-5-32-6-4-10)11-7-14(22)16-15(8-11)30(2)28-19(16)12-9-13(21(25,26)27)18(24)20(31)17(12)23/h7-10,31H,3-6H2,1-2H3. The molecule has 11 heteroatoms. The first-order chi connectivity index (χ1) is 15.0. The van der Waals surface area contributed by atoms with Gasteiger partial charge in [0.25, 0.3) is 0 Å². The minimum Gasteiger partial charge on any atom is -0.503 e. The lowest BCUT2D eigenvalue weighted by Gasteiger charge is -2.33. The molecular formula is C21H19ClF5N3O2. The van der Waals surface area contributed by atoms with Crippen molar-refractivity contribution < 1.29 is 31.8 Å². The Labute approximate surface area is 184 Å². The second-order valence-electron chi connectivity index (χ2n) is 7.69. The van der Waals surface area contributed by atoms with Crippen molar-refractivity contribution in [2.45, 2.75) is 25.1 Å². The molecule has 0 spiro atoms. The first-order valence-electron chi connectivity index (χ1n) is 9.76. The molecule has 1 aliphatic rings. The Morgan fingerprint density at radius 3 is 2.44 bits per heavy atom. The fourth-order valence-electron chi connectivity index (χ4n) is 4.00. The first kappa shape index (κ1) is 22.6. The SMILES string of the molecule is CN(c1cc(Cl)c2c(-c3cc(C(F)(F)F)c(F)c(O)c3F)nn(C)c2c1)C1CCOCC1. The Morgan fingerprint density at radius 1 is 1.16 bits per heavy atom. The molecular weight excluding hydrogens is 457 g/mol.